The zero-order valence-corrected chi connectivity index (χ0v) is 16.7. The highest BCUT2D eigenvalue weighted by atomic mass is 79.9. The fraction of sp³-hybridized carbons (Fsp3) is 0.250. The quantitative estimate of drug-likeness (QED) is 0.479. The summed E-state index contributed by atoms with van der Waals surface area (Å²) in [5.41, 5.74) is 1.13. The van der Waals surface area contributed by atoms with Crippen molar-refractivity contribution in [3.63, 3.8) is 0 Å². The molecule has 2 nitrogen and oxygen atoms in total. The van der Waals surface area contributed by atoms with Crippen LogP contribution in [0.1, 0.15) is 0 Å². The van der Waals surface area contributed by atoms with E-state index in [4.69, 9.17) is 4.74 Å². The molecule has 3 rings (SSSR count). The van der Waals surface area contributed by atoms with E-state index < -0.39 is 0 Å². The molecule has 0 saturated carbocycles. The van der Waals surface area contributed by atoms with Crippen LogP contribution in [0.4, 0.5) is 5.69 Å². The van der Waals surface area contributed by atoms with Gasteiger partial charge in [-0.1, -0.05) is 45.5 Å². The summed E-state index contributed by atoms with van der Waals surface area (Å²) in [4.78, 5) is 5.21. The molecule has 116 valence electrons. The Morgan fingerprint density at radius 2 is 2.00 bits per heavy atom. The van der Waals surface area contributed by atoms with E-state index in [0.717, 1.165) is 15.5 Å². The van der Waals surface area contributed by atoms with Crippen LogP contribution in [0.5, 0.6) is 0 Å². The second-order valence-corrected chi connectivity index (χ2v) is 8.52. The normalized spacial score (nSPS) is 14.1. The first-order chi connectivity index (χ1) is 10.7. The number of ether oxygens (including phenoxy) is 1. The van der Waals surface area contributed by atoms with E-state index in [0.29, 0.717) is 6.61 Å². The number of halogens is 2. The molecule has 0 aliphatic carbocycles. The first kappa shape index (κ1) is 16.7. The lowest BCUT2D eigenvalue weighted by molar-refractivity contribution is 0.191. The number of fused-ring (bicyclic) bond motifs is 2. The molecule has 0 spiro atoms. The maximum atomic E-state index is 5.23. The van der Waals surface area contributed by atoms with Gasteiger partial charge in [0.2, 0.25) is 0 Å². The largest absolute Gasteiger partial charge is 0.383 e. The maximum absolute atomic E-state index is 5.23. The molecule has 2 aromatic carbocycles. The third-order valence-corrected chi connectivity index (χ3v) is 7.53. The van der Waals surface area contributed by atoms with Gasteiger partial charge in [-0.3, -0.25) is 0 Å². The van der Waals surface area contributed by atoms with E-state index in [1.54, 1.807) is 7.11 Å². The van der Waals surface area contributed by atoms with Crippen LogP contribution in [0.2, 0.25) is 0 Å². The van der Waals surface area contributed by atoms with E-state index in [-0.39, 0.29) is 6.04 Å². The number of methoxy groups -OCH3 is 1. The van der Waals surface area contributed by atoms with Crippen molar-refractivity contribution in [3.8, 4) is 0 Å². The summed E-state index contributed by atoms with van der Waals surface area (Å²) in [6.07, 6.45) is 0. The monoisotopic (exact) mass is 459 g/mol. The van der Waals surface area contributed by atoms with Gasteiger partial charge in [0.15, 0.2) is 0 Å². The Morgan fingerprint density at radius 3 is 2.77 bits per heavy atom. The molecule has 0 fully saturated rings. The zero-order chi connectivity index (χ0) is 15.5. The molecule has 0 saturated heterocycles. The molecule has 0 aromatic heterocycles. The van der Waals surface area contributed by atoms with Crippen molar-refractivity contribution < 1.29 is 4.74 Å². The van der Waals surface area contributed by atoms with Gasteiger partial charge in [-0.15, -0.1) is 0 Å². The Kier molecular flexibility index (Phi) is 5.79. The first-order valence-corrected chi connectivity index (χ1v) is 10.4. The van der Waals surface area contributed by atoms with Crippen LogP contribution >= 0.6 is 55.4 Å². The smallest absolute Gasteiger partial charge is 0.0672 e. The van der Waals surface area contributed by atoms with E-state index in [1.165, 1.54) is 19.6 Å². The summed E-state index contributed by atoms with van der Waals surface area (Å²) in [5.74, 6) is 0. The fourth-order valence-electron chi connectivity index (χ4n) is 2.22. The molecule has 1 heterocycles. The summed E-state index contributed by atoms with van der Waals surface area (Å²) in [7, 11) is 1.73. The van der Waals surface area contributed by atoms with Gasteiger partial charge in [-0.05, 0) is 46.3 Å². The lowest BCUT2D eigenvalue weighted by Crippen LogP contribution is -2.26. The standard InChI is InChI=1S/C16H15Br2NOS2/c1-20-9-11(8-17)19-10-5-6-13-15(7-10)21-14-4-2-3-12(18)16(14)22-13/h2-7,11,19H,8-9H2,1H3. The topological polar surface area (TPSA) is 21.3 Å². The first-order valence-electron chi connectivity index (χ1n) is 6.81. The van der Waals surface area contributed by atoms with Crippen LogP contribution in [-0.4, -0.2) is 25.1 Å². The highest BCUT2D eigenvalue weighted by Crippen LogP contribution is 2.51. The average molecular weight is 461 g/mol. The summed E-state index contributed by atoms with van der Waals surface area (Å²) in [6.45, 7) is 0.681. The summed E-state index contributed by atoms with van der Waals surface area (Å²) < 4.78 is 6.39. The van der Waals surface area contributed by atoms with Crippen molar-refractivity contribution in [1.29, 1.82) is 0 Å². The minimum Gasteiger partial charge on any atom is -0.383 e. The number of anilines is 1. The second kappa shape index (κ2) is 7.62. The third kappa shape index (κ3) is 3.67. The summed E-state index contributed by atoms with van der Waals surface area (Å²) in [6, 6.07) is 13.2. The zero-order valence-electron chi connectivity index (χ0n) is 11.9. The van der Waals surface area contributed by atoms with Crippen LogP contribution in [0.15, 0.2) is 60.5 Å². The highest BCUT2D eigenvalue weighted by Gasteiger charge is 2.19. The van der Waals surface area contributed by atoms with Crippen LogP contribution in [-0.2, 0) is 4.74 Å². The van der Waals surface area contributed by atoms with Crippen molar-refractivity contribution >= 4 is 61.1 Å². The Morgan fingerprint density at radius 1 is 1.14 bits per heavy atom. The summed E-state index contributed by atoms with van der Waals surface area (Å²) >= 11 is 10.8. The maximum Gasteiger partial charge on any atom is 0.0672 e. The van der Waals surface area contributed by atoms with Crippen molar-refractivity contribution in [3.05, 3.63) is 40.9 Å². The molecule has 1 atom stereocenters. The van der Waals surface area contributed by atoms with Gasteiger partial charge < -0.3 is 10.1 Å². The summed E-state index contributed by atoms with van der Waals surface area (Å²) in [5, 5.41) is 4.37. The van der Waals surface area contributed by atoms with Gasteiger partial charge >= 0.3 is 0 Å². The van der Waals surface area contributed by atoms with Gasteiger partial charge in [-0.2, -0.15) is 0 Å². The molecule has 0 bridgehead atoms. The van der Waals surface area contributed by atoms with Crippen molar-refractivity contribution in [2.24, 2.45) is 0 Å². The van der Waals surface area contributed by atoms with Gasteiger partial charge in [0.1, 0.15) is 0 Å². The number of rotatable bonds is 5. The Hall–Kier alpha value is -0.140. The van der Waals surface area contributed by atoms with Crippen LogP contribution in [0.25, 0.3) is 0 Å². The molecule has 0 amide bonds. The molecular weight excluding hydrogens is 446 g/mol. The molecule has 1 aliphatic rings. The Labute approximate surface area is 156 Å². The van der Waals surface area contributed by atoms with E-state index >= 15 is 0 Å². The van der Waals surface area contributed by atoms with E-state index in [2.05, 4.69) is 73.6 Å². The van der Waals surface area contributed by atoms with E-state index in [1.807, 2.05) is 23.5 Å². The third-order valence-electron chi connectivity index (χ3n) is 3.23. The molecule has 1 N–H and O–H groups in total. The number of nitrogens with one attached hydrogen (secondary N) is 1. The van der Waals surface area contributed by atoms with Crippen LogP contribution < -0.4 is 5.32 Å². The van der Waals surface area contributed by atoms with Gasteiger partial charge in [-0.25, -0.2) is 0 Å². The molecule has 0 radical (unpaired) electrons. The lowest BCUT2D eigenvalue weighted by atomic mass is 10.2. The van der Waals surface area contributed by atoms with Crippen molar-refractivity contribution in [2.75, 3.05) is 24.4 Å². The molecule has 6 heteroatoms. The molecule has 22 heavy (non-hydrogen) atoms. The minimum atomic E-state index is 0.269. The number of hydrogen-bond donors (Lipinski definition) is 1. The second-order valence-electron chi connectivity index (χ2n) is 4.88. The highest BCUT2D eigenvalue weighted by molar-refractivity contribution is 9.10. The average Bonchev–Trinajstić information content (AvgIpc) is 2.53. The fourth-order valence-corrected chi connectivity index (χ4v) is 5.60. The molecule has 2 aromatic rings. The Balaban J connectivity index is 1.83. The molecular formula is C16H15Br2NOS2. The molecule has 1 unspecified atom stereocenters. The predicted octanol–water partition coefficient (Wildman–Crippen LogP) is 5.89. The minimum absolute atomic E-state index is 0.269. The number of alkyl halides is 1. The predicted molar refractivity (Wildman–Crippen MR) is 102 cm³/mol. The van der Waals surface area contributed by atoms with Crippen LogP contribution in [0, 0.1) is 0 Å². The van der Waals surface area contributed by atoms with Crippen molar-refractivity contribution in [2.45, 2.75) is 25.6 Å². The van der Waals surface area contributed by atoms with Crippen molar-refractivity contribution in [1.82, 2.24) is 0 Å². The van der Waals surface area contributed by atoms with Crippen LogP contribution in [0.3, 0.4) is 0 Å². The number of benzene rings is 2. The van der Waals surface area contributed by atoms with Gasteiger partial charge in [0.25, 0.3) is 0 Å². The van der Waals surface area contributed by atoms with Gasteiger partial charge in [0, 0.05) is 42.2 Å². The number of hydrogen-bond acceptors (Lipinski definition) is 4. The van der Waals surface area contributed by atoms with E-state index in [9.17, 15) is 0 Å². The van der Waals surface area contributed by atoms with Gasteiger partial charge in [0.05, 0.1) is 12.6 Å². The lowest BCUT2D eigenvalue weighted by Gasteiger charge is -2.22. The SMILES string of the molecule is COCC(CBr)Nc1ccc2c(c1)Sc1cccc(Br)c1S2. The Bertz CT molecular complexity index is 681. The molecule has 1 aliphatic heterocycles.